The van der Waals surface area contributed by atoms with E-state index in [1.165, 1.54) is 24.3 Å². The monoisotopic (exact) mass is 340 g/mol. The second-order valence-electron chi connectivity index (χ2n) is 5.27. The Kier molecular flexibility index (Phi) is 4.30. The number of rotatable bonds is 4. The highest BCUT2D eigenvalue weighted by molar-refractivity contribution is 6.31. The van der Waals surface area contributed by atoms with Gasteiger partial charge in [-0.3, -0.25) is 15.0 Å². The Balaban J connectivity index is 1.90. The lowest BCUT2D eigenvalue weighted by atomic mass is 10.1. The number of amides is 2. The Hall–Kier alpha value is -3.48. The fraction of sp³-hybridized carbons (Fsp3) is 0.111. The number of benzene rings is 2. The van der Waals surface area contributed by atoms with Crippen LogP contribution in [-0.2, 0) is 9.59 Å². The lowest BCUT2D eigenvalue weighted by molar-refractivity contribution is -0.117. The number of anilines is 1. The van der Waals surface area contributed by atoms with Crippen LogP contribution in [0.4, 0.5) is 5.69 Å². The van der Waals surface area contributed by atoms with Crippen LogP contribution in [0.5, 0.6) is 17.2 Å². The van der Waals surface area contributed by atoms with Gasteiger partial charge in [-0.15, -0.1) is 0 Å². The van der Waals surface area contributed by atoms with Crippen molar-refractivity contribution in [2.45, 2.75) is 0 Å². The van der Waals surface area contributed by atoms with Crippen molar-refractivity contribution in [2.24, 2.45) is 0 Å². The Morgan fingerprint density at radius 3 is 2.40 bits per heavy atom. The molecule has 7 nitrogen and oxygen atoms in total. The molecule has 1 aliphatic rings. The van der Waals surface area contributed by atoms with E-state index < -0.39 is 11.8 Å². The first kappa shape index (κ1) is 16.4. The smallest absolute Gasteiger partial charge is 0.282 e. The third-order valence-corrected chi connectivity index (χ3v) is 3.74. The summed E-state index contributed by atoms with van der Waals surface area (Å²) in [7, 11) is 2.97. The number of methoxy groups -OCH3 is 2. The number of carbonyl (C=O) groups excluding carboxylic acids is 2. The van der Waals surface area contributed by atoms with Gasteiger partial charge in [0.25, 0.3) is 11.8 Å². The standard InChI is InChI=1S/C18H16N2O5/c1-24-13-6-4-12(5-7-13)20-18(23)14(17(22)19-20)9-11-3-8-15(21)16(10-11)25-2/h3-10,21H,1-2H3,(H,19,22)/b14-9+. The van der Waals surface area contributed by atoms with Crippen LogP contribution in [0.3, 0.4) is 0 Å². The van der Waals surface area contributed by atoms with Gasteiger partial charge in [-0.2, -0.15) is 0 Å². The van der Waals surface area contributed by atoms with Crippen molar-refractivity contribution in [3.8, 4) is 17.2 Å². The van der Waals surface area contributed by atoms with Gasteiger partial charge in [-0.05, 0) is 48.0 Å². The van der Waals surface area contributed by atoms with Crippen LogP contribution in [0.2, 0.25) is 0 Å². The predicted octanol–water partition coefficient (Wildman–Crippen LogP) is 1.87. The fourth-order valence-corrected chi connectivity index (χ4v) is 2.42. The number of phenolic OH excluding ortho intramolecular Hbond substituents is 1. The molecule has 1 saturated heterocycles. The molecule has 2 N–H and O–H groups in total. The summed E-state index contributed by atoms with van der Waals surface area (Å²) >= 11 is 0. The maximum absolute atomic E-state index is 12.6. The van der Waals surface area contributed by atoms with Crippen LogP contribution in [0.1, 0.15) is 5.56 Å². The number of hydrogen-bond donors (Lipinski definition) is 2. The average Bonchev–Trinajstić information content (AvgIpc) is 2.91. The van der Waals surface area contributed by atoms with E-state index in [1.807, 2.05) is 0 Å². The molecule has 25 heavy (non-hydrogen) atoms. The molecule has 0 saturated carbocycles. The molecule has 0 unspecified atom stereocenters. The molecule has 2 amide bonds. The molecule has 1 heterocycles. The van der Waals surface area contributed by atoms with E-state index in [1.54, 1.807) is 43.5 Å². The largest absolute Gasteiger partial charge is 0.504 e. The lowest BCUT2D eigenvalue weighted by Crippen LogP contribution is -2.35. The van der Waals surface area contributed by atoms with Gasteiger partial charge in [0.05, 0.1) is 19.9 Å². The van der Waals surface area contributed by atoms with E-state index in [-0.39, 0.29) is 17.1 Å². The first-order valence-electron chi connectivity index (χ1n) is 7.41. The van der Waals surface area contributed by atoms with E-state index in [2.05, 4.69) is 5.43 Å². The van der Waals surface area contributed by atoms with Gasteiger partial charge >= 0.3 is 0 Å². The highest BCUT2D eigenvalue weighted by Crippen LogP contribution is 2.28. The molecule has 0 radical (unpaired) electrons. The van der Waals surface area contributed by atoms with E-state index in [4.69, 9.17) is 9.47 Å². The number of nitrogens with one attached hydrogen (secondary N) is 1. The Morgan fingerprint density at radius 2 is 1.76 bits per heavy atom. The van der Waals surface area contributed by atoms with Gasteiger partial charge in [0.15, 0.2) is 11.5 Å². The first-order chi connectivity index (χ1) is 12.0. The molecule has 1 fully saturated rings. The molecule has 3 rings (SSSR count). The fourth-order valence-electron chi connectivity index (χ4n) is 2.42. The maximum Gasteiger partial charge on any atom is 0.282 e. The molecule has 128 valence electrons. The zero-order chi connectivity index (χ0) is 18.0. The Labute approximate surface area is 144 Å². The van der Waals surface area contributed by atoms with Gasteiger partial charge in [0.2, 0.25) is 0 Å². The summed E-state index contributed by atoms with van der Waals surface area (Å²) in [6.07, 6.45) is 1.45. The van der Waals surface area contributed by atoms with E-state index in [9.17, 15) is 14.7 Å². The summed E-state index contributed by atoms with van der Waals surface area (Å²) in [6, 6.07) is 11.3. The summed E-state index contributed by atoms with van der Waals surface area (Å²) in [5.74, 6) is -0.0948. The average molecular weight is 340 g/mol. The molecule has 7 heteroatoms. The third kappa shape index (κ3) is 3.12. The van der Waals surface area contributed by atoms with Gasteiger partial charge in [0.1, 0.15) is 11.3 Å². The van der Waals surface area contributed by atoms with Crippen LogP contribution in [-0.4, -0.2) is 31.1 Å². The zero-order valence-corrected chi connectivity index (χ0v) is 13.6. The Morgan fingerprint density at radius 1 is 1.04 bits per heavy atom. The molecule has 2 aromatic carbocycles. The van der Waals surface area contributed by atoms with Crippen molar-refractivity contribution in [3.05, 3.63) is 53.6 Å². The van der Waals surface area contributed by atoms with Crippen molar-refractivity contribution >= 4 is 23.6 Å². The van der Waals surface area contributed by atoms with Crippen molar-refractivity contribution in [2.75, 3.05) is 19.2 Å². The number of nitrogens with zero attached hydrogens (tertiary/aromatic N) is 1. The lowest BCUT2D eigenvalue weighted by Gasteiger charge is -2.14. The minimum Gasteiger partial charge on any atom is -0.504 e. The molecule has 0 bridgehead atoms. The van der Waals surface area contributed by atoms with Crippen molar-refractivity contribution in [1.29, 1.82) is 0 Å². The number of aromatic hydroxyl groups is 1. The summed E-state index contributed by atoms with van der Waals surface area (Å²) in [5.41, 5.74) is 3.59. The highest BCUT2D eigenvalue weighted by atomic mass is 16.5. The quantitative estimate of drug-likeness (QED) is 0.655. The molecule has 2 aromatic rings. The summed E-state index contributed by atoms with van der Waals surface area (Å²) in [6.45, 7) is 0. The van der Waals surface area contributed by atoms with Crippen LogP contribution in [0.15, 0.2) is 48.0 Å². The topological polar surface area (TPSA) is 88.1 Å². The number of hydrogen-bond acceptors (Lipinski definition) is 5. The Bertz CT molecular complexity index is 858. The molecule has 0 spiro atoms. The van der Waals surface area contributed by atoms with Gasteiger partial charge in [-0.25, -0.2) is 5.01 Å². The summed E-state index contributed by atoms with van der Waals surface area (Å²) < 4.78 is 10.1. The molecule has 0 atom stereocenters. The van der Waals surface area contributed by atoms with Crippen LogP contribution < -0.4 is 19.9 Å². The summed E-state index contributed by atoms with van der Waals surface area (Å²) in [5, 5.41) is 10.8. The van der Waals surface area contributed by atoms with Crippen LogP contribution in [0, 0.1) is 0 Å². The van der Waals surface area contributed by atoms with E-state index >= 15 is 0 Å². The third-order valence-electron chi connectivity index (χ3n) is 3.74. The normalized spacial score (nSPS) is 15.4. The van der Waals surface area contributed by atoms with Crippen LogP contribution in [0.25, 0.3) is 6.08 Å². The number of carbonyl (C=O) groups is 2. The van der Waals surface area contributed by atoms with Gasteiger partial charge in [0, 0.05) is 0 Å². The number of hydrazine groups is 1. The number of phenols is 1. The number of ether oxygens (including phenoxy) is 2. The van der Waals surface area contributed by atoms with Crippen molar-refractivity contribution < 1.29 is 24.2 Å². The molecular weight excluding hydrogens is 324 g/mol. The second kappa shape index (κ2) is 6.56. The zero-order valence-electron chi connectivity index (χ0n) is 13.6. The summed E-state index contributed by atoms with van der Waals surface area (Å²) in [4.78, 5) is 24.7. The van der Waals surface area contributed by atoms with Crippen molar-refractivity contribution in [3.63, 3.8) is 0 Å². The molecular formula is C18H16N2O5. The maximum atomic E-state index is 12.6. The SMILES string of the molecule is COc1ccc(N2NC(=O)/C(=C\c3ccc(O)c(OC)c3)C2=O)cc1. The first-order valence-corrected chi connectivity index (χ1v) is 7.41. The second-order valence-corrected chi connectivity index (χ2v) is 5.27. The minimum absolute atomic E-state index is 0.0106. The van der Waals surface area contributed by atoms with E-state index in [0.29, 0.717) is 17.0 Å². The highest BCUT2D eigenvalue weighted by Gasteiger charge is 2.34. The van der Waals surface area contributed by atoms with Crippen molar-refractivity contribution in [1.82, 2.24) is 5.43 Å². The molecule has 1 aliphatic heterocycles. The van der Waals surface area contributed by atoms with E-state index in [0.717, 1.165) is 0 Å². The molecule has 0 aromatic heterocycles. The minimum atomic E-state index is -0.507. The van der Waals surface area contributed by atoms with Gasteiger partial charge in [-0.1, -0.05) is 6.07 Å². The van der Waals surface area contributed by atoms with Gasteiger partial charge < -0.3 is 14.6 Å². The molecule has 0 aliphatic carbocycles. The predicted molar refractivity (Wildman–Crippen MR) is 91.3 cm³/mol. The van der Waals surface area contributed by atoms with Crippen LogP contribution >= 0.6 is 0 Å².